The first-order valence-corrected chi connectivity index (χ1v) is 8.46. The van der Waals surface area contributed by atoms with Crippen molar-refractivity contribution in [2.45, 2.75) is 68.9 Å². The number of carboxylic acid groups (broad SMARTS) is 1. The Kier molecular flexibility index (Phi) is 5.18. The van der Waals surface area contributed by atoms with Gasteiger partial charge >= 0.3 is 5.97 Å². The van der Waals surface area contributed by atoms with Crippen LogP contribution in [0.3, 0.4) is 0 Å². The number of aliphatic carboxylic acids is 1. The van der Waals surface area contributed by atoms with E-state index in [-0.39, 0.29) is 0 Å². The first-order chi connectivity index (χ1) is 9.14. The number of hydrogen-bond acceptors (Lipinski definition) is 4. The molecule has 1 saturated carbocycles. The molecule has 0 spiro atoms. The maximum Gasteiger partial charge on any atom is 0.326 e. The van der Waals surface area contributed by atoms with Crippen molar-refractivity contribution in [3.05, 3.63) is 0 Å². The standard InChI is InChI=1S/C13H23NO5S/c1-4-5-6-10(11(15)16)14-12(17)13(2,3)20(18,19)9-7-8-9/h9-10H,4-8H2,1-3H3,(H,14,17)(H,15,16). The Morgan fingerprint density at radius 2 is 1.90 bits per heavy atom. The van der Waals surface area contributed by atoms with Gasteiger partial charge in [-0.2, -0.15) is 0 Å². The SMILES string of the molecule is CCCCC(NC(=O)C(C)(C)S(=O)(=O)C1CC1)C(=O)O. The van der Waals surface area contributed by atoms with Crippen LogP contribution in [0, 0.1) is 0 Å². The molecule has 0 saturated heterocycles. The molecule has 1 aliphatic rings. The van der Waals surface area contributed by atoms with Crippen molar-refractivity contribution in [3.8, 4) is 0 Å². The van der Waals surface area contributed by atoms with Gasteiger partial charge in [0.1, 0.15) is 10.8 Å². The average Bonchev–Trinajstić information content (AvgIpc) is 3.17. The van der Waals surface area contributed by atoms with Crippen LogP contribution in [0.15, 0.2) is 0 Å². The molecule has 0 radical (unpaired) electrons. The number of amides is 1. The summed E-state index contributed by atoms with van der Waals surface area (Å²) in [7, 11) is -3.56. The summed E-state index contributed by atoms with van der Waals surface area (Å²) < 4.78 is 22.8. The van der Waals surface area contributed by atoms with Crippen molar-refractivity contribution >= 4 is 21.7 Å². The number of hydrogen-bond donors (Lipinski definition) is 2. The van der Waals surface area contributed by atoms with Crippen LogP contribution in [-0.2, 0) is 19.4 Å². The van der Waals surface area contributed by atoms with Crippen molar-refractivity contribution in [3.63, 3.8) is 0 Å². The summed E-state index contributed by atoms with van der Waals surface area (Å²) in [5, 5.41) is 11.0. The lowest BCUT2D eigenvalue weighted by Gasteiger charge is -2.26. The van der Waals surface area contributed by atoms with Crippen molar-refractivity contribution in [1.82, 2.24) is 5.32 Å². The van der Waals surface area contributed by atoms with E-state index in [9.17, 15) is 18.0 Å². The number of sulfone groups is 1. The smallest absolute Gasteiger partial charge is 0.326 e. The van der Waals surface area contributed by atoms with Gasteiger partial charge in [-0.05, 0) is 33.1 Å². The molecule has 0 aromatic carbocycles. The fourth-order valence-corrected chi connectivity index (χ4v) is 3.83. The lowest BCUT2D eigenvalue weighted by molar-refractivity contribution is -0.142. The second kappa shape index (κ2) is 6.11. The third-order valence-electron chi connectivity index (χ3n) is 3.67. The molecule has 1 aliphatic carbocycles. The van der Waals surface area contributed by atoms with E-state index in [1.54, 1.807) is 0 Å². The van der Waals surface area contributed by atoms with Crippen LogP contribution in [0.4, 0.5) is 0 Å². The molecule has 0 aromatic heterocycles. The van der Waals surface area contributed by atoms with E-state index in [0.29, 0.717) is 25.7 Å². The number of carbonyl (C=O) groups is 2. The number of unbranched alkanes of at least 4 members (excludes halogenated alkanes) is 1. The van der Waals surface area contributed by atoms with E-state index in [2.05, 4.69) is 5.32 Å². The lowest BCUT2D eigenvalue weighted by Crippen LogP contribution is -2.53. The minimum Gasteiger partial charge on any atom is -0.480 e. The highest BCUT2D eigenvalue weighted by Gasteiger charge is 2.50. The predicted molar refractivity (Wildman–Crippen MR) is 75.1 cm³/mol. The maximum atomic E-state index is 12.2. The maximum absolute atomic E-state index is 12.2. The van der Waals surface area contributed by atoms with Gasteiger partial charge in [0.05, 0.1) is 5.25 Å². The summed E-state index contributed by atoms with van der Waals surface area (Å²) in [6.07, 6.45) is 2.93. The van der Waals surface area contributed by atoms with Gasteiger partial charge in [0.25, 0.3) is 0 Å². The molecule has 116 valence electrons. The lowest BCUT2D eigenvalue weighted by atomic mass is 10.1. The Bertz CT molecular complexity index is 479. The molecule has 0 bridgehead atoms. The van der Waals surface area contributed by atoms with E-state index < -0.39 is 37.8 Å². The van der Waals surface area contributed by atoms with E-state index >= 15 is 0 Å². The van der Waals surface area contributed by atoms with Crippen LogP contribution in [0.25, 0.3) is 0 Å². The monoisotopic (exact) mass is 305 g/mol. The first kappa shape index (κ1) is 16.9. The van der Waals surface area contributed by atoms with Gasteiger partial charge in [-0.3, -0.25) is 4.79 Å². The third-order valence-corrected chi connectivity index (χ3v) is 6.63. The molecular weight excluding hydrogens is 282 g/mol. The van der Waals surface area contributed by atoms with Crippen molar-refractivity contribution < 1.29 is 23.1 Å². The number of carboxylic acids is 1. The van der Waals surface area contributed by atoms with Crippen molar-refractivity contribution in [2.24, 2.45) is 0 Å². The second-order valence-corrected chi connectivity index (χ2v) is 8.54. The van der Waals surface area contributed by atoms with Gasteiger partial charge in [0.2, 0.25) is 5.91 Å². The Labute approximate surface area is 119 Å². The Morgan fingerprint density at radius 1 is 1.35 bits per heavy atom. The third kappa shape index (κ3) is 3.50. The molecule has 6 nitrogen and oxygen atoms in total. The normalized spacial score (nSPS) is 17.6. The number of nitrogens with one attached hydrogen (secondary N) is 1. The Balaban J connectivity index is 2.79. The van der Waals surface area contributed by atoms with Gasteiger partial charge in [-0.15, -0.1) is 0 Å². The highest BCUT2D eigenvalue weighted by molar-refractivity contribution is 7.94. The van der Waals surface area contributed by atoms with Crippen LogP contribution < -0.4 is 5.32 Å². The van der Waals surface area contributed by atoms with Crippen LogP contribution in [0.1, 0.15) is 52.9 Å². The summed E-state index contributed by atoms with van der Waals surface area (Å²) in [5.41, 5.74) is 0. The van der Waals surface area contributed by atoms with Gasteiger partial charge in [0, 0.05) is 0 Å². The van der Waals surface area contributed by atoms with Crippen molar-refractivity contribution in [2.75, 3.05) is 0 Å². The Hall–Kier alpha value is -1.11. The minimum atomic E-state index is -3.56. The second-order valence-electron chi connectivity index (χ2n) is 5.76. The highest BCUT2D eigenvalue weighted by atomic mass is 32.2. The zero-order valence-corrected chi connectivity index (χ0v) is 13.0. The highest BCUT2D eigenvalue weighted by Crippen LogP contribution is 2.36. The molecular formula is C13H23NO5S. The summed E-state index contributed by atoms with van der Waals surface area (Å²) in [4.78, 5) is 23.3. The molecule has 1 atom stereocenters. The average molecular weight is 305 g/mol. The van der Waals surface area contributed by atoms with Gasteiger partial charge < -0.3 is 10.4 Å². The summed E-state index contributed by atoms with van der Waals surface area (Å²) in [6, 6.07) is -1.03. The molecule has 1 fully saturated rings. The molecule has 0 aliphatic heterocycles. The van der Waals surface area contributed by atoms with Gasteiger partial charge in [-0.25, -0.2) is 13.2 Å². The van der Waals surface area contributed by atoms with E-state index in [0.717, 1.165) is 6.42 Å². The molecule has 20 heavy (non-hydrogen) atoms. The van der Waals surface area contributed by atoms with E-state index in [4.69, 9.17) is 5.11 Å². The minimum absolute atomic E-state index is 0.303. The topological polar surface area (TPSA) is 101 Å². The molecule has 7 heteroatoms. The van der Waals surface area contributed by atoms with Crippen LogP contribution in [0.5, 0.6) is 0 Å². The molecule has 0 heterocycles. The van der Waals surface area contributed by atoms with Crippen LogP contribution in [-0.4, -0.2) is 41.4 Å². The number of carbonyl (C=O) groups excluding carboxylic acids is 1. The fourth-order valence-electron chi connectivity index (χ4n) is 1.92. The molecule has 0 aromatic rings. The molecule has 1 amide bonds. The zero-order valence-electron chi connectivity index (χ0n) is 12.2. The predicted octanol–water partition coefficient (Wildman–Crippen LogP) is 1.10. The Morgan fingerprint density at radius 3 is 2.30 bits per heavy atom. The summed E-state index contributed by atoms with van der Waals surface area (Å²) in [5.74, 6) is -1.86. The molecule has 1 rings (SSSR count). The molecule has 1 unspecified atom stereocenters. The molecule has 2 N–H and O–H groups in total. The zero-order chi connectivity index (χ0) is 15.6. The van der Waals surface area contributed by atoms with Gasteiger partial charge in [0.15, 0.2) is 9.84 Å². The van der Waals surface area contributed by atoms with Crippen LogP contribution >= 0.6 is 0 Å². The summed E-state index contributed by atoms with van der Waals surface area (Å²) in [6.45, 7) is 4.60. The number of rotatable bonds is 8. The van der Waals surface area contributed by atoms with Crippen molar-refractivity contribution in [1.29, 1.82) is 0 Å². The first-order valence-electron chi connectivity index (χ1n) is 6.91. The van der Waals surface area contributed by atoms with E-state index in [1.165, 1.54) is 13.8 Å². The van der Waals surface area contributed by atoms with Crippen LogP contribution in [0.2, 0.25) is 0 Å². The summed E-state index contributed by atoms with van der Waals surface area (Å²) >= 11 is 0. The fraction of sp³-hybridized carbons (Fsp3) is 0.846. The quantitative estimate of drug-likeness (QED) is 0.699. The largest absolute Gasteiger partial charge is 0.480 e. The van der Waals surface area contributed by atoms with E-state index in [1.807, 2.05) is 6.92 Å². The van der Waals surface area contributed by atoms with Gasteiger partial charge in [-0.1, -0.05) is 19.8 Å².